The fourth-order valence-electron chi connectivity index (χ4n) is 5.18. The Morgan fingerprint density at radius 2 is 1.94 bits per heavy atom. The first-order valence-electron chi connectivity index (χ1n) is 7.19. The molecule has 0 radical (unpaired) electrons. The van der Waals surface area contributed by atoms with Gasteiger partial charge in [-0.3, -0.25) is 4.79 Å². The van der Waals surface area contributed by atoms with E-state index in [1.54, 1.807) is 0 Å². The molecule has 1 aliphatic carbocycles. The van der Waals surface area contributed by atoms with Crippen LogP contribution in [0.25, 0.3) is 0 Å². The average Bonchev–Trinajstić information content (AvgIpc) is 2.76. The first-order valence-corrected chi connectivity index (χ1v) is 7.19. The second kappa shape index (κ2) is 3.12. The number of aliphatic hydroxyl groups is 1. The Morgan fingerprint density at radius 1 is 1.33 bits per heavy atom. The van der Waals surface area contributed by atoms with Crippen molar-refractivity contribution in [2.75, 3.05) is 6.54 Å². The number of carbonyl (C=O) groups is 1. The Morgan fingerprint density at radius 3 is 2.50 bits per heavy atom. The molecule has 3 nitrogen and oxygen atoms in total. The summed E-state index contributed by atoms with van der Waals surface area (Å²) in [7, 11) is 0. The standard InChI is InChI=1S/C15H25NO2/c1-9-8-16-12(17)15(18,13(2,3)4)11-7-6-10(9)14(11,16)5/h9-11,18H,6-8H2,1-5H3/t9-,10+,11+,14-,15+/m1/s1. The Bertz CT molecular complexity index is 413. The molecule has 5 atom stereocenters. The lowest BCUT2D eigenvalue weighted by atomic mass is 9.65. The lowest BCUT2D eigenvalue weighted by Crippen LogP contribution is -2.54. The molecule has 3 rings (SSSR count). The number of nitrogens with zero attached hydrogens (tertiary/aromatic N) is 1. The fourth-order valence-corrected chi connectivity index (χ4v) is 5.18. The normalized spacial score (nSPS) is 51.1. The Kier molecular flexibility index (Phi) is 2.16. The Hall–Kier alpha value is -0.570. The van der Waals surface area contributed by atoms with Crippen LogP contribution in [0.15, 0.2) is 0 Å². The molecular weight excluding hydrogens is 226 g/mol. The summed E-state index contributed by atoms with van der Waals surface area (Å²) in [5, 5.41) is 11.1. The lowest BCUT2D eigenvalue weighted by Gasteiger charge is -2.40. The van der Waals surface area contributed by atoms with E-state index in [1.165, 1.54) is 0 Å². The van der Waals surface area contributed by atoms with Crippen LogP contribution in [0.5, 0.6) is 0 Å². The van der Waals surface area contributed by atoms with E-state index < -0.39 is 5.60 Å². The van der Waals surface area contributed by atoms with Gasteiger partial charge in [0.05, 0.1) is 0 Å². The van der Waals surface area contributed by atoms with E-state index in [9.17, 15) is 9.90 Å². The summed E-state index contributed by atoms with van der Waals surface area (Å²) in [5.41, 5.74) is -1.66. The van der Waals surface area contributed by atoms with Crippen LogP contribution in [0.1, 0.15) is 47.5 Å². The van der Waals surface area contributed by atoms with Crippen molar-refractivity contribution in [1.29, 1.82) is 0 Å². The molecule has 2 saturated heterocycles. The highest BCUT2D eigenvalue weighted by molar-refractivity contribution is 5.91. The van der Waals surface area contributed by atoms with Crippen LogP contribution in [0.2, 0.25) is 0 Å². The van der Waals surface area contributed by atoms with Gasteiger partial charge in [0.25, 0.3) is 5.91 Å². The number of rotatable bonds is 0. The molecule has 102 valence electrons. The fraction of sp³-hybridized carbons (Fsp3) is 0.933. The molecule has 2 heterocycles. The largest absolute Gasteiger partial charge is 0.379 e. The smallest absolute Gasteiger partial charge is 0.255 e. The van der Waals surface area contributed by atoms with Crippen LogP contribution in [0.4, 0.5) is 0 Å². The van der Waals surface area contributed by atoms with Crippen molar-refractivity contribution in [3.05, 3.63) is 0 Å². The van der Waals surface area contributed by atoms with Crippen molar-refractivity contribution >= 4 is 5.91 Å². The predicted octanol–water partition coefficient (Wildman–Crippen LogP) is 2.04. The van der Waals surface area contributed by atoms with Crippen LogP contribution in [0.3, 0.4) is 0 Å². The van der Waals surface area contributed by atoms with E-state index in [0.29, 0.717) is 11.8 Å². The van der Waals surface area contributed by atoms with Crippen molar-refractivity contribution < 1.29 is 9.90 Å². The SMILES string of the molecule is C[C@@H]1CN2C(=O)[C@](O)(C(C)(C)C)[C@H]3CC[C@@H]1[C@]32C. The summed E-state index contributed by atoms with van der Waals surface area (Å²) in [6, 6.07) is 0. The molecule has 0 aromatic heterocycles. The summed E-state index contributed by atoms with van der Waals surface area (Å²) in [6.07, 6.45) is 2.14. The molecule has 0 bridgehead atoms. The zero-order valence-electron chi connectivity index (χ0n) is 12.2. The third-order valence-corrected chi connectivity index (χ3v) is 6.18. The van der Waals surface area contributed by atoms with E-state index in [0.717, 1.165) is 19.4 Å². The monoisotopic (exact) mass is 251 g/mol. The summed E-state index contributed by atoms with van der Waals surface area (Å²) < 4.78 is 0. The molecule has 3 fully saturated rings. The maximum absolute atomic E-state index is 12.8. The molecule has 1 amide bonds. The molecular formula is C15H25NO2. The van der Waals surface area contributed by atoms with Crippen LogP contribution in [-0.4, -0.2) is 33.6 Å². The zero-order valence-corrected chi connectivity index (χ0v) is 12.2. The minimum Gasteiger partial charge on any atom is -0.379 e. The first kappa shape index (κ1) is 12.5. The quantitative estimate of drug-likeness (QED) is 0.715. The second-order valence-electron chi connectivity index (χ2n) is 7.87. The predicted molar refractivity (Wildman–Crippen MR) is 69.9 cm³/mol. The molecule has 0 spiro atoms. The molecule has 2 aliphatic heterocycles. The van der Waals surface area contributed by atoms with Crippen LogP contribution >= 0.6 is 0 Å². The summed E-state index contributed by atoms with van der Waals surface area (Å²) in [5.74, 6) is 1.24. The van der Waals surface area contributed by atoms with Crippen molar-refractivity contribution in [1.82, 2.24) is 4.90 Å². The van der Waals surface area contributed by atoms with Crippen LogP contribution in [0, 0.1) is 23.2 Å². The third-order valence-electron chi connectivity index (χ3n) is 6.18. The zero-order chi connectivity index (χ0) is 13.5. The highest BCUT2D eigenvalue weighted by Gasteiger charge is 2.74. The van der Waals surface area contributed by atoms with Gasteiger partial charge in [0.1, 0.15) is 0 Å². The number of carbonyl (C=O) groups excluding carboxylic acids is 1. The summed E-state index contributed by atoms with van der Waals surface area (Å²) in [4.78, 5) is 14.8. The van der Waals surface area contributed by atoms with Crippen molar-refractivity contribution in [2.45, 2.75) is 58.6 Å². The van der Waals surface area contributed by atoms with Gasteiger partial charge >= 0.3 is 0 Å². The molecule has 0 aromatic carbocycles. The van der Waals surface area contributed by atoms with Crippen molar-refractivity contribution in [3.63, 3.8) is 0 Å². The summed E-state index contributed by atoms with van der Waals surface area (Å²) >= 11 is 0. The Balaban J connectivity index is 2.14. The lowest BCUT2D eigenvalue weighted by molar-refractivity contribution is -0.158. The van der Waals surface area contributed by atoms with Gasteiger partial charge in [-0.1, -0.05) is 27.7 Å². The van der Waals surface area contributed by atoms with Gasteiger partial charge < -0.3 is 10.0 Å². The molecule has 18 heavy (non-hydrogen) atoms. The maximum Gasteiger partial charge on any atom is 0.255 e. The molecule has 0 unspecified atom stereocenters. The molecule has 3 aliphatic rings. The first-order chi connectivity index (χ1) is 8.15. The second-order valence-corrected chi connectivity index (χ2v) is 7.87. The number of hydrogen-bond acceptors (Lipinski definition) is 2. The van der Waals surface area contributed by atoms with Gasteiger partial charge in [0, 0.05) is 23.4 Å². The van der Waals surface area contributed by atoms with E-state index >= 15 is 0 Å². The topological polar surface area (TPSA) is 40.5 Å². The Labute approximate surface area is 110 Å². The van der Waals surface area contributed by atoms with Gasteiger partial charge in [-0.25, -0.2) is 0 Å². The molecule has 1 saturated carbocycles. The maximum atomic E-state index is 12.8. The van der Waals surface area contributed by atoms with Crippen LogP contribution < -0.4 is 0 Å². The summed E-state index contributed by atoms with van der Waals surface area (Å²) in [6.45, 7) is 11.3. The molecule has 0 aromatic rings. The number of amides is 1. The van der Waals surface area contributed by atoms with E-state index in [4.69, 9.17) is 0 Å². The van der Waals surface area contributed by atoms with Gasteiger partial charge in [-0.05, 0) is 31.6 Å². The van der Waals surface area contributed by atoms with Crippen LogP contribution in [-0.2, 0) is 4.79 Å². The number of hydrogen-bond donors (Lipinski definition) is 1. The average molecular weight is 251 g/mol. The van der Waals surface area contributed by atoms with Crippen molar-refractivity contribution in [3.8, 4) is 0 Å². The highest BCUT2D eigenvalue weighted by atomic mass is 16.3. The van der Waals surface area contributed by atoms with Gasteiger partial charge in [0.2, 0.25) is 0 Å². The minimum atomic E-state index is -1.17. The van der Waals surface area contributed by atoms with Gasteiger partial charge in [-0.2, -0.15) is 0 Å². The van der Waals surface area contributed by atoms with Gasteiger partial charge in [-0.15, -0.1) is 0 Å². The van der Waals surface area contributed by atoms with E-state index in [2.05, 4.69) is 13.8 Å². The molecule has 1 N–H and O–H groups in total. The highest BCUT2D eigenvalue weighted by Crippen LogP contribution is 2.63. The third kappa shape index (κ3) is 1.05. The van der Waals surface area contributed by atoms with E-state index in [1.807, 2.05) is 25.7 Å². The molecule has 3 heteroatoms. The van der Waals surface area contributed by atoms with E-state index in [-0.39, 0.29) is 22.8 Å². The van der Waals surface area contributed by atoms with Crippen molar-refractivity contribution in [2.24, 2.45) is 23.2 Å². The van der Waals surface area contributed by atoms with Gasteiger partial charge in [0.15, 0.2) is 5.60 Å². The minimum absolute atomic E-state index is 0.0171.